The largest absolute Gasteiger partial charge is 0.493 e. The minimum Gasteiger partial charge on any atom is -0.493 e. The van der Waals surface area contributed by atoms with Gasteiger partial charge in [0, 0.05) is 13.8 Å². The van der Waals surface area contributed by atoms with Crippen molar-refractivity contribution in [1.29, 1.82) is 0 Å². The van der Waals surface area contributed by atoms with Gasteiger partial charge in [-0.05, 0) is 35.4 Å². The van der Waals surface area contributed by atoms with E-state index in [0.29, 0.717) is 11.1 Å². The van der Waals surface area contributed by atoms with Crippen LogP contribution in [0.1, 0.15) is 37.2 Å². The van der Waals surface area contributed by atoms with Crippen molar-refractivity contribution in [2.45, 2.75) is 26.1 Å². The van der Waals surface area contributed by atoms with Crippen molar-refractivity contribution in [1.82, 2.24) is 0 Å². The number of hydrogen-bond donors (Lipinski definition) is 0. The SMILES string of the molecule is COC(=O)[C@@H]1[C@@H](C(=O)OC)[C@H](c2ccc(OC(C)=O)c(OC)c2)O[C@@H]1c1ccc(OC(C)=O)c(OC)c1. The second kappa shape index (κ2) is 11.7. The lowest BCUT2D eigenvalue weighted by Crippen LogP contribution is -2.32. The highest BCUT2D eigenvalue weighted by molar-refractivity contribution is 5.84. The highest BCUT2D eigenvalue weighted by Crippen LogP contribution is 2.52. The third-order valence-corrected chi connectivity index (χ3v) is 5.82. The smallest absolute Gasteiger partial charge is 0.312 e. The molecule has 4 atom stereocenters. The summed E-state index contributed by atoms with van der Waals surface area (Å²) >= 11 is 0. The average Bonchev–Trinajstić information content (AvgIpc) is 3.28. The van der Waals surface area contributed by atoms with Crippen LogP contribution in [-0.4, -0.2) is 52.3 Å². The zero-order valence-electron chi connectivity index (χ0n) is 21.3. The van der Waals surface area contributed by atoms with Crippen molar-refractivity contribution in [2.24, 2.45) is 11.8 Å². The van der Waals surface area contributed by atoms with Gasteiger partial charge in [0.2, 0.25) is 0 Å². The Bertz CT molecular complexity index is 1100. The fourth-order valence-corrected chi connectivity index (χ4v) is 4.29. The molecular formula is C26H28O11. The molecule has 0 amide bonds. The molecule has 11 nitrogen and oxygen atoms in total. The van der Waals surface area contributed by atoms with Gasteiger partial charge in [-0.3, -0.25) is 19.2 Å². The first-order chi connectivity index (χ1) is 17.6. The zero-order valence-corrected chi connectivity index (χ0v) is 21.3. The van der Waals surface area contributed by atoms with E-state index in [2.05, 4.69) is 0 Å². The minimum atomic E-state index is -1.09. The van der Waals surface area contributed by atoms with Gasteiger partial charge in [-0.2, -0.15) is 0 Å². The molecule has 1 saturated heterocycles. The molecule has 2 aromatic rings. The molecule has 1 aliphatic rings. The van der Waals surface area contributed by atoms with Gasteiger partial charge >= 0.3 is 23.9 Å². The van der Waals surface area contributed by atoms with Gasteiger partial charge in [-0.15, -0.1) is 0 Å². The van der Waals surface area contributed by atoms with Crippen LogP contribution in [0.3, 0.4) is 0 Å². The monoisotopic (exact) mass is 516 g/mol. The number of esters is 4. The Kier molecular flexibility index (Phi) is 8.72. The molecule has 2 aromatic carbocycles. The second-order valence-corrected chi connectivity index (χ2v) is 8.08. The molecule has 0 aromatic heterocycles. The van der Waals surface area contributed by atoms with Crippen molar-refractivity contribution in [3.8, 4) is 23.0 Å². The van der Waals surface area contributed by atoms with E-state index < -0.39 is 47.9 Å². The van der Waals surface area contributed by atoms with Crippen molar-refractivity contribution >= 4 is 23.9 Å². The number of carbonyl (C=O) groups is 4. The molecule has 0 N–H and O–H groups in total. The summed E-state index contributed by atoms with van der Waals surface area (Å²) in [5.74, 6) is -3.81. The lowest BCUT2D eigenvalue weighted by Gasteiger charge is -2.21. The van der Waals surface area contributed by atoms with Crippen molar-refractivity contribution in [2.75, 3.05) is 28.4 Å². The van der Waals surface area contributed by atoms with E-state index in [1.54, 1.807) is 24.3 Å². The maximum Gasteiger partial charge on any atom is 0.312 e. The molecule has 0 bridgehead atoms. The quantitative estimate of drug-likeness (QED) is 0.379. The van der Waals surface area contributed by atoms with E-state index in [1.165, 1.54) is 54.4 Å². The number of benzene rings is 2. The Morgan fingerprint density at radius 2 is 1.00 bits per heavy atom. The van der Waals surface area contributed by atoms with E-state index in [4.69, 9.17) is 33.2 Å². The summed E-state index contributed by atoms with van der Waals surface area (Å²) in [5, 5.41) is 0. The Morgan fingerprint density at radius 1 is 0.622 bits per heavy atom. The fourth-order valence-electron chi connectivity index (χ4n) is 4.29. The predicted octanol–water partition coefficient (Wildman–Crippen LogP) is 2.95. The van der Waals surface area contributed by atoms with Crippen LogP contribution in [0.2, 0.25) is 0 Å². The average molecular weight is 516 g/mol. The summed E-state index contributed by atoms with van der Waals surface area (Å²) in [6, 6.07) is 9.32. The number of ether oxygens (including phenoxy) is 7. The molecule has 198 valence electrons. The highest BCUT2D eigenvalue weighted by atomic mass is 16.6. The van der Waals surface area contributed by atoms with Crippen LogP contribution in [0.25, 0.3) is 0 Å². The molecule has 0 spiro atoms. The summed E-state index contributed by atoms with van der Waals surface area (Å²) in [7, 11) is 5.22. The van der Waals surface area contributed by atoms with Gasteiger partial charge in [0.15, 0.2) is 23.0 Å². The molecule has 0 radical (unpaired) electrons. The summed E-state index contributed by atoms with van der Waals surface area (Å²) in [5.41, 5.74) is 0.950. The van der Waals surface area contributed by atoms with Gasteiger partial charge in [0.05, 0.1) is 40.6 Å². The number of hydrogen-bond acceptors (Lipinski definition) is 11. The van der Waals surface area contributed by atoms with Gasteiger partial charge in [-0.25, -0.2) is 0 Å². The van der Waals surface area contributed by atoms with Crippen LogP contribution < -0.4 is 18.9 Å². The third-order valence-electron chi connectivity index (χ3n) is 5.82. The van der Waals surface area contributed by atoms with E-state index >= 15 is 0 Å². The highest BCUT2D eigenvalue weighted by Gasteiger charge is 2.54. The number of rotatable bonds is 8. The Hall–Kier alpha value is -4.12. The first-order valence-corrected chi connectivity index (χ1v) is 11.2. The number of carbonyl (C=O) groups excluding carboxylic acids is 4. The molecule has 0 aliphatic carbocycles. The van der Waals surface area contributed by atoms with Crippen LogP contribution in [0.15, 0.2) is 36.4 Å². The summed E-state index contributed by atoms with van der Waals surface area (Å²) < 4.78 is 37.4. The third kappa shape index (κ3) is 5.83. The van der Waals surface area contributed by atoms with Crippen LogP contribution >= 0.6 is 0 Å². The molecule has 1 heterocycles. The molecule has 0 saturated carbocycles. The Morgan fingerprint density at radius 3 is 1.30 bits per heavy atom. The first-order valence-electron chi connectivity index (χ1n) is 11.2. The molecule has 1 fully saturated rings. The van der Waals surface area contributed by atoms with Gasteiger partial charge in [0.1, 0.15) is 11.8 Å². The maximum atomic E-state index is 13.0. The second-order valence-electron chi connectivity index (χ2n) is 8.08. The first kappa shape index (κ1) is 27.5. The standard InChI is InChI=1S/C26H28O11/c1-13(27)35-17-9-7-15(11-19(17)31-3)23-21(25(29)33-5)22(26(30)34-6)24(37-23)16-8-10-18(36-14(2)28)20(12-16)32-4/h7-12,21-24H,1-6H3/t21-,22-,23-,24+/m1/s1. The van der Waals surface area contributed by atoms with Gasteiger partial charge < -0.3 is 33.2 Å². The van der Waals surface area contributed by atoms with E-state index in [-0.39, 0.29) is 23.0 Å². The molecular weight excluding hydrogens is 488 g/mol. The van der Waals surface area contributed by atoms with Gasteiger partial charge in [0.25, 0.3) is 0 Å². The minimum absolute atomic E-state index is 0.179. The van der Waals surface area contributed by atoms with Crippen molar-refractivity contribution < 1.29 is 52.3 Å². The summed E-state index contributed by atoms with van der Waals surface area (Å²) in [6.07, 6.45) is -1.91. The van der Waals surface area contributed by atoms with E-state index in [0.717, 1.165) is 0 Å². The maximum absolute atomic E-state index is 13.0. The van der Waals surface area contributed by atoms with Crippen LogP contribution in [-0.2, 0) is 33.4 Å². The fraction of sp³-hybridized carbons (Fsp3) is 0.385. The van der Waals surface area contributed by atoms with Crippen LogP contribution in [0.5, 0.6) is 23.0 Å². The summed E-state index contributed by atoms with van der Waals surface area (Å²) in [4.78, 5) is 48.8. The topological polar surface area (TPSA) is 133 Å². The Balaban J connectivity index is 2.12. The van der Waals surface area contributed by atoms with Crippen molar-refractivity contribution in [3.63, 3.8) is 0 Å². The van der Waals surface area contributed by atoms with E-state index in [9.17, 15) is 19.2 Å². The predicted molar refractivity (Wildman–Crippen MR) is 126 cm³/mol. The normalized spacial score (nSPS) is 20.5. The van der Waals surface area contributed by atoms with Crippen LogP contribution in [0, 0.1) is 11.8 Å². The number of methoxy groups -OCH3 is 4. The molecule has 3 rings (SSSR count). The van der Waals surface area contributed by atoms with Crippen molar-refractivity contribution in [3.05, 3.63) is 47.5 Å². The molecule has 0 unspecified atom stereocenters. The van der Waals surface area contributed by atoms with Crippen LogP contribution in [0.4, 0.5) is 0 Å². The molecule has 1 aliphatic heterocycles. The summed E-state index contributed by atoms with van der Waals surface area (Å²) in [6.45, 7) is 2.51. The molecule has 37 heavy (non-hydrogen) atoms. The lowest BCUT2D eigenvalue weighted by atomic mass is 9.82. The lowest BCUT2D eigenvalue weighted by molar-refractivity contribution is -0.157. The van der Waals surface area contributed by atoms with Gasteiger partial charge in [-0.1, -0.05) is 12.1 Å². The molecule has 11 heteroatoms. The Labute approximate surface area is 213 Å². The van der Waals surface area contributed by atoms with E-state index in [1.807, 2.05) is 0 Å². The zero-order chi connectivity index (χ0) is 27.3.